The second-order valence-electron chi connectivity index (χ2n) is 5.33. The summed E-state index contributed by atoms with van der Waals surface area (Å²) in [6.07, 6.45) is 6.18. The van der Waals surface area contributed by atoms with Crippen molar-refractivity contribution in [2.75, 3.05) is 19.7 Å². The van der Waals surface area contributed by atoms with Gasteiger partial charge in [-0.05, 0) is 32.6 Å². The molecule has 4 heteroatoms. The third-order valence-corrected chi connectivity index (χ3v) is 3.99. The molecule has 1 aliphatic carbocycles. The van der Waals surface area contributed by atoms with E-state index in [-0.39, 0.29) is 12.0 Å². The molecule has 2 aliphatic rings. The highest BCUT2D eigenvalue weighted by Gasteiger charge is 2.41. The fourth-order valence-electron chi connectivity index (χ4n) is 3.03. The number of nitrogens with two attached hydrogens (primary N) is 1. The molecule has 1 heterocycles. The molecule has 1 atom stereocenters. The van der Waals surface area contributed by atoms with E-state index in [9.17, 15) is 4.79 Å². The molecule has 0 radical (unpaired) electrons. The number of piperidine rings is 1. The molecule has 4 nitrogen and oxygen atoms in total. The Morgan fingerprint density at radius 1 is 1.41 bits per heavy atom. The van der Waals surface area contributed by atoms with Crippen LogP contribution in [0, 0.1) is 0 Å². The number of hydrogen-bond acceptors (Lipinski definition) is 3. The van der Waals surface area contributed by atoms with Crippen LogP contribution in [0.5, 0.6) is 0 Å². The lowest BCUT2D eigenvalue weighted by Gasteiger charge is -2.37. The van der Waals surface area contributed by atoms with Crippen molar-refractivity contribution in [3.05, 3.63) is 0 Å². The molecule has 1 aliphatic heterocycles. The molecule has 1 saturated carbocycles. The van der Waals surface area contributed by atoms with Gasteiger partial charge >= 0.3 is 0 Å². The second-order valence-corrected chi connectivity index (χ2v) is 5.33. The molecule has 1 unspecified atom stereocenters. The molecule has 0 bridgehead atoms. The summed E-state index contributed by atoms with van der Waals surface area (Å²) in [5.41, 5.74) is 5.65. The molecule has 1 amide bonds. The van der Waals surface area contributed by atoms with Crippen molar-refractivity contribution in [3.63, 3.8) is 0 Å². The standard InChI is InChI=1S/C13H24N2O2/c1-2-17-11-6-5-9-15(10-11)12(16)13(14)7-3-4-8-13/h11H,2-10,14H2,1H3. The first-order valence-corrected chi connectivity index (χ1v) is 6.85. The Bertz CT molecular complexity index is 273. The van der Waals surface area contributed by atoms with Gasteiger partial charge in [0.25, 0.3) is 0 Å². The minimum absolute atomic E-state index is 0.152. The summed E-state index contributed by atoms with van der Waals surface area (Å²) in [5.74, 6) is 0.152. The van der Waals surface area contributed by atoms with Gasteiger partial charge in [0.1, 0.15) is 0 Å². The summed E-state index contributed by atoms with van der Waals surface area (Å²) in [6, 6.07) is 0. The summed E-state index contributed by atoms with van der Waals surface area (Å²) in [7, 11) is 0. The molecule has 0 aromatic heterocycles. The SMILES string of the molecule is CCOC1CCCN(C(=O)C2(N)CCCC2)C1. The van der Waals surface area contributed by atoms with Gasteiger partial charge in [-0.25, -0.2) is 0 Å². The quantitative estimate of drug-likeness (QED) is 0.808. The van der Waals surface area contributed by atoms with Crippen LogP contribution in [0.15, 0.2) is 0 Å². The summed E-state index contributed by atoms with van der Waals surface area (Å²) in [5, 5.41) is 0. The molecule has 2 rings (SSSR count). The van der Waals surface area contributed by atoms with Crippen LogP contribution in [0.3, 0.4) is 0 Å². The summed E-state index contributed by atoms with van der Waals surface area (Å²) in [6.45, 7) is 4.30. The number of amides is 1. The maximum absolute atomic E-state index is 12.4. The molecule has 1 saturated heterocycles. The van der Waals surface area contributed by atoms with Crippen LogP contribution in [0.25, 0.3) is 0 Å². The fourth-order valence-corrected chi connectivity index (χ4v) is 3.03. The van der Waals surface area contributed by atoms with Gasteiger partial charge in [-0.15, -0.1) is 0 Å². The Morgan fingerprint density at radius 2 is 2.12 bits per heavy atom. The van der Waals surface area contributed by atoms with E-state index in [2.05, 4.69) is 0 Å². The fraction of sp³-hybridized carbons (Fsp3) is 0.923. The maximum atomic E-state index is 12.4. The third-order valence-electron chi connectivity index (χ3n) is 3.99. The monoisotopic (exact) mass is 240 g/mol. The van der Waals surface area contributed by atoms with Crippen molar-refractivity contribution in [3.8, 4) is 0 Å². The van der Waals surface area contributed by atoms with Crippen molar-refractivity contribution >= 4 is 5.91 Å². The lowest BCUT2D eigenvalue weighted by atomic mass is 9.95. The van der Waals surface area contributed by atoms with E-state index in [1.165, 1.54) is 0 Å². The lowest BCUT2D eigenvalue weighted by molar-refractivity contribution is -0.140. The number of carbonyl (C=O) groups is 1. The number of nitrogens with zero attached hydrogens (tertiary/aromatic N) is 1. The van der Waals surface area contributed by atoms with Crippen LogP contribution >= 0.6 is 0 Å². The highest BCUT2D eigenvalue weighted by Crippen LogP contribution is 2.30. The van der Waals surface area contributed by atoms with Crippen LogP contribution in [0.1, 0.15) is 45.4 Å². The van der Waals surface area contributed by atoms with Gasteiger partial charge in [-0.1, -0.05) is 12.8 Å². The van der Waals surface area contributed by atoms with Crippen molar-refractivity contribution < 1.29 is 9.53 Å². The largest absolute Gasteiger partial charge is 0.377 e. The van der Waals surface area contributed by atoms with E-state index in [0.29, 0.717) is 0 Å². The zero-order valence-electron chi connectivity index (χ0n) is 10.8. The molecule has 98 valence electrons. The molecule has 2 N–H and O–H groups in total. The van der Waals surface area contributed by atoms with E-state index in [4.69, 9.17) is 10.5 Å². The van der Waals surface area contributed by atoms with E-state index < -0.39 is 5.54 Å². The van der Waals surface area contributed by atoms with Crippen molar-refractivity contribution in [2.24, 2.45) is 5.73 Å². The minimum atomic E-state index is -0.575. The van der Waals surface area contributed by atoms with Gasteiger partial charge in [0.15, 0.2) is 0 Å². The summed E-state index contributed by atoms with van der Waals surface area (Å²) in [4.78, 5) is 14.3. The van der Waals surface area contributed by atoms with E-state index in [0.717, 1.165) is 58.2 Å². The van der Waals surface area contributed by atoms with Crippen molar-refractivity contribution in [2.45, 2.75) is 57.1 Å². The number of hydrogen-bond donors (Lipinski definition) is 1. The topological polar surface area (TPSA) is 55.6 Å². The Kier molecular flexibility index (Phi) is 4.05. The van der Waals surface area contributed by atoms with Gasteiger partial charge in [0.2, 0.25) is 5.91 Å². The van der Waals surface area contributed by atoms with Gasteiger partial charge in [0, 0.05) is 19.7 Å². The highest BCUT2D eigenvalue weighted by molar-refractivity contribution is 5.86. The lowest BCUT2D eigenvalue weighted by Crippen LogP contribution is -2.56. The van der Waals surface area contributed by atoms with E-state index in [1.54, 1.807) is 0 Å². The smallest absolute Gasteiger partial charge is 0.242 e. The van der Waals surface area contributed by atoms with Crippen LogP contribution in [0.2, 0.25) is 0 Å². The number of rotatable bonds is 3. The molecule has 0 spiro atoms. The first-order valence-electron chi connectivity index (χ1n) is 6.85. The van der Waals surface area contributed by atoms with Gasteiger partial charge < -0.3 is 15.4 Å². The summed E-state index contributed by atoms with van der Waals surface area (Å²) < 4.78 is 5.62. The third kappa shape index (κ3) is 2.80. The Balaban J connectivity index is 1.94. The first-order chi connectivity index (χ1) is 8.15. The zero-order chi connectivity index (χ0) is 12.3. The normalized spacial score (nSPS) is 28.4. The van der Waals surface area contributed by atoms with Gasteiger partial charge in [-0.2, -0.15) is 0 Å². The predicted octanol–water partition coefficient (Wildman–Crippen LogP) is 1.29. The van der Waals surface area contributed by atoms with Crippen molar-refractivity contribution in [1.29, 1.82) is 0 Å². The predicted molar refractivity (Wildman–Crippen MR) is 66.6 cm³/mol. The molecule has 17 heavy (non-hydrogen) atoms. The highest BCUT2D eigenvalue weighted by atomic mass is 16.5. The molecule has 0 aromatic carbocycles. The zero-order valence-corrected chi connectivity index (χ0v) is 10.8. The number of carbonyl (C=O) groups excluding carboxylic acids is 1. The Labute approximate surface area is 103 Å². The van der Waals surface area contributed by atoms with Gasteiger partial charge in [-0.3, -0.25) is 4.79 Å². The molecular weight excluding hydrogens is 216 g/mol. The van der Waals surface area contributed by atoms with Gasteiger partial charge in [0.05, 0.1) is 11.6 Å². The van der Waals surface area contributed by atoms with Crippen LogP contribution < -0.4 is 5.73 Å². The van der Waals surface area contributed by atoms with E-state index >= 15 is 0 Å². The average molecular weight is 240 g/mol. The molecular formula is C13H24N2O2. The second kappa shape index (κ2) is 5.36. The molecule has 0 aromatic rings. The minimum Gasteiger partial charge on any atom is -0.377 e. The number of likely N-dealkylation sites (tertiary alicyclic amines) is 1. The number of ether oxygens (including phenoxy) is 1. The average Bonchev–Trinajstić information content (AvgIpc) is 2.77. The van der Waals surface area contributed by atoms with E-state index in [1.807, 2.05) is 11.8 Å². The maximum Gasteiger partial charge on any atom is 0.242 e. The summed E-state index contributed by atoms with van der Waals surface area (Å²) >= 11 is 0. The van der Waals surface area contributed by atoms with Crippen LogP contribution in [-0.2, 0) is 9.53 Å². The Morgan fingerprint density at radius 3 is 2.76 bits per heavy atom. The van der Waals surface area contributed by atoms with Crippen LogP contribution in [0.4, 0.5) is 0 Å². The van der Waals surface area contributed by atoms with Crippen molar-refractivity contribution in [1.82, 2.24) is 4.90 Å². The first kappa shape index (κ1) is 12.8. The molecule has 2 fully saturated rings. The Hall–Kier alpha value is -0.610. The van der Waals surface area contributed by atoms with Crippen LogP contribution in [-0.4, -0.2) is 42.1 Å².